The third kappa shape index (κ3) is 3.74. The van der Waals surface area contributed by atoms with E-state index in [-0.39, 0.29) is 0 Å². The third-order valence-electron chi connectivity index (χ3n) is 3.00. The second-order valence-electron chi connectivity index (χ2n) is 4.71. The highest BCUT2D eigenvalue weighted by Crippen LogP contribution is 2.17. The first kappa shape index (κ1) is 13.0. The molecule has 17 heavy (non-hydrogen) atoms. The summed E-state index contributed by atoms with van der Waals surface area (Å²) < 4.78 is 5.72. The molecule has 1 aromatic rings. The van der Waals surface area contributed by atoms with Crippen molar-refractivity contribution in [3.63, 3.8) is 0 Å². The van der Waals surface area contributed by atoms with Gasteiger partial charge in [-0.15, -0.1) is 11.3 Å². The zero-order chi connectivity index (χ0) is 12.3. The Labute approximate surface area is 107 Å². The van der Waals surface area contributed by atoms with Gasteiger partial charge in [0.1, 0.15) is 5.01 Å². The average Bonchev–Trinajstić information content (AvgIpc) is 2.73. The van der Waals surface area contributed by atoms with Crippen LogP contribution in [0.4, 0.5) is 0 Å². The number of hydrogen-bond donors (Lipinski definition) is 1. The first-order chi connectivity index (χ1) is 8.15. The maximum Gasteiger partial charge on any atom is 0.110 e. The van der Waals surface area contributed by atoms with Crippen molar-refractivity contribution in [3.05, 3.63) is 16.1 Å². The molecule has 2 atom stereocenters. The Morgan fingerprint density at radius 1 is 1.71 bits per heavy atom. The van der Waals surface area contributed by atoms with Crippen LogP contribution >= 0.6 is 11.3 Å². The molecule has 2 rings (SSSR count). The Hall–Kier alpha value is -0.490. The van der Waals surface area contributed by atoms with Gasteiger partial charge in [-0.1, -0.05) is 0 Å². The molecular formula is C12H21N3OS. The van der Waals surface area contributed by atoms with Crippen LogP contribution in [0.1, 0.15) is 23.7 Å². The van der Waals surface area contributed by atoms with Crippen LogP contribution in [0.5, 0.6) is 0 Å². The fourth-order valence-corrected chi connectivity index (χ4v) is 2.79. The molecule has 1 aliphatic heterocycles. The molecule has 1 fully saturated rings. The predicted molar refractivity (Wildman–Crippen MR) is 70.5 cm³/mol. The van der Waals surface area contributed by atoms with Crippen LogP contribution in [-0.2, 0) is 4.74 Å². The highest BCUT2D eigenvalue weighted by atomic mass is 32.1. The number of morpholine rings is 1. The van der Waals surface area contributed by atoms with E-state index in [9.17, 15) is 0 Å². The monoisotopic (exact) mass is 255 g/mol. The van der Waals surface area contributed by atoms with Crippen molar-refractivity contribution in [2.75, 3.05) is 33.3 Å². The number of likely N-dealkylation sites (N-methyl/N-ethyl adjacent to an activating group) is 1. The highest BCUT2D eigenvalue weighted by molar-refractivity contribution is 7.09. The lowest BCUT2D eigenvalue weighted by atomic mass is 10.2. The van der Waals surface area contributed by atoms with Crippen molar-refractivity contribution >= 4 is 11.3 Å². The summed E-state index contributed by atoms with van der Waals surface area (Å²) in [5.41, 5.74) is 1.10. The minimum absolute atomic E-state index is 0.303. The van der Waals surface area contributed by atoms with E-state index >= 15 is 0 Å². The quantitative estimate of drug-likeness (QED) is 0.883. The summed E-state index contributed by atoms with van der Waals surface area (Å²) in [6.07, 6.45) is 0.303. The van der Waals surface area contributed by atoms with Gasteiger partial charge >= 0.3 is 0 Å². The molecule has 0 radical (unpaired) electrons. The topological polar surface area (TPSA) is 37.4 Å². The molecule has 0 aliphatic carbocycles. The lowest BCUT2D eigenvalue weighted by Gasteiger charge is -2.30. The number of hydrogen-bond acceptors (Lipinski definition) is 5. The van der Waals surface area contributed by atoms with E-state index in [4.69, 9.17) is 4.74 Å². The normalized spacial score (nSPS) is 23.8. The van der Waals surface area contributed by atoms with Gasteiger partial charge in [0.25, 0.3) is 0 Å². The molecule has 5 heteroatoms. The van der Waals surface area contributed by atoms with Crippen molar-refractivity contribution < 1.29 is 4.74 Å². The fraction of sp³-hybridized carbons (Fsp3) is 0.750. The number of aromatic nitrogens is 1. The number of rotatable bonds is 4. The lowest BCUT2D eigenvalue weighted by molar-refractivity contribution is -0.0190. The smallest absolute Gasteiger partial charge is 0.110 e. The summed E-state index contributed by atoms with van der Waals surface area (Å²) in [5, 5.41) is 6.75. The maximum absolute atomic E-state index is 5.72. The number of nitrogens with one attached hydrogen (secondary N) is 1. The van der Waals surface area contributed by atoms with Crippen LogP contribution in [0.2, 0.25) is 0 Å². The number of ether oxygens (including phenoxy) is 1. The van der Waals surface area contributed by atoms with Gasteiger partial charge in [0.15, 0.2) is 0 Å². The predicted octanol–water partition coefficient (Wildman–Crippen LogP) is 1.43. The lowest BCUT2D eigenvalue weighted by Crippen LogP contribution is -2.45. The van der Waals surface area contributed by atoms with Gasteiger partial charge in [-0.3, -0.25) is 0 Å². The molecule has 0 spiro atoms. The van der Waals surface area contributed by atoms with E-state index in [2.05, 4.69) is 34.6 Å². The molecule has 0 amide bonds. The van der Waals surface area contributed by atoms with Gasteiger partial charge in [-0.25, -0.2) is 4.98 Å². The van der Waals surface area contributed by atoms with Gasteiger partial charge in [-0.2, -0.15) is 0 Å². The Morgan fingerprint density at radius 3 is 3.18 bits per heavy atom. The Kier molecular flexibility index (Phi) is 4.50. The molecule has 2 heterocycles. The first-order valence-corrected chi connectivity index (χ1v) is 6.98. The van der Waals surface area contributed by atoms with Crippen LogP contribution in [0.25, 0.3) is 0 Å². The molecule has 0 aromatic carbocycles. The van der Waals surface area contributed by atoms with E-state index in [0.29, 0.717) is 12.1 Å². The summed E-state index contributed by atoms with van der Waals surface area (Å²) in [4.78, 5) is 6.81. The Bertz CT molecular complexity index is 355. The van der Waals surface area contributed by atoms with Gasteiger partial charge in [0.2, 0.25) is 0 Å². The van der Waals surface area contributed by atoms with Crippen LogP contribution < -0.4 is 5.32 Å². The molecule has 0 bridgehead atoms. The molecule has 1 aliphatic rings. The maximum atomic E-state index is 5.72. The number of thiazole rings is 1. The third-order valence-corrected chi connectivity index (χ3v) is 4.15. The van der Waals surface area contributed by atoms with Crippen LogP contribution in [0.3, 0.4) is 0 Å². The van der Waals surface area contributed by atoms with Crippen LogP contribution in [0, 0.1) is 6.92 Å². The van der Waals surface area contributed by atoms with Gasteiger partial charge in [-0.05, 0) is 20.9 Å². The Morgan fingerprint density at radius 2 is 2.53 bits per heavy atom. The zero-order valence-electron chi connectivity index (χ0n) is 10.8. The van der Waals surface area contributed by atoms with Crippen molar-refractivity contribution in [2.45, 2.75) is 26.0 Å². The van der Waals surface area contributed by atoms with Gasteiger partial charge in [0.05, 0.1) is 18.8 Å². The van der Waals surface area contributed by atoms with E-state index < -0.39 is 0 Å². The van der Waals surface area contributed by atoms with Crippen molar-refractivity contribution in [3.8, 4) is 0 Å². The van der Waals surface area contributed by atoms with Crippen molar-refractivity contribution in [2.24, 2.45) is 0 Å². The van der Waals surface area contributed by atoms with E-state index in [1.165, 1.54) is 0 Å². The van der Waals surface area contributed by atoms with Crippen LogP contribution in [-0.4, -0.2) is 49.3 Å². The van der Waals surface area contributed by atoms with Crippen molar-refractivity contribution in [1.82, 2.24) is 15.2 Å². The molecule has 2 unspecified atom stereocenters. The summed E-state index contributed by atoms with van der Waals surface area (Å²) >= 11 is 1.72. The van der Waals surface area contributed by atoms with Crippen LogP contribution in [0.15, 0.2) is 5.38 Å². The summed E-state index contributed by atoms with van der Waals surface area (Å²) in [6.45, 7) is 7.98. The summed E-state index contributed by atoms with van der Waals surface area (Å²) in [7, 11) is 2.14. The summed E-state index contributed by atoms with van der Waals surface area (Å²) in [6, 6.07) is 0.310. The molecule has 96 valence electrons. The molecule has 0 saturated carbocycles. The first-order valence-electron chi connectivity index (χ1n) is 6.10. The SMILES string of the molecule is Cc1csc(C(C)NCC2CN(C)CCO2)n1. The van der Waals surface area contributed by atoms with E-state index in [1.54, 1.807) is 11.3 Å². The van der Waals surface area contributed by atoms with Crippen molar-refractivity contribution in [1.29, 1.82) is 0 Å². The largest absolute Gasteiger partial charge is 0.374 e. The second-order valence-corrected chi connectivity index (χ2v) is 5.60. The minimum Gasteiger partial charge on any atom is -0.374 e. The number of nitrogens with zero attached hydrogens (tertiary/aromatic N) is 2. The molecular weight excluding hydrogens is 234 g/mol. The summed E-state index contributed by atoms with van der Waals surface area (Å²) in [5.74, 6) is 0. The minimum atomic E-state index is 0.303. The average molecular weight is 255 g/mol. The molecule has 1 N–H and O–H groups in total. The van der Waals surface area contributed by atoms with Gasteiger partial charge < -0.3 is 15.0 Å². The van der Waals surface area contributed by atoms with Gasteiger partial charge in [0, 0.05) is 30.7 Å². The fourth-order valence-electron chi connectivity index (χ4n) is 1.96. The standard InChI is InChI=1S/C12H21N3OS/c1-9-8-17-12(14-9)10(2)13-6-11-7-15(3)4-5-16-11/h8,10-11,13H,4-7H2,1-3H3. The molecule has 1 aromatic heterocycles. The second kappa shape index (κ2) is 5.91. The Balaban J connectivity index is 1.77. The molecule has 4 nitrogen and oxygen atoms in total. The highest BCUT2D eigenvalue weighted by Gasteiger charge is 2.18. The number of aryl methyl sites for hydroxylation is 1. The molecule has 1 saturated heterocycles. The zero-order valence-corrected chi connectivity index (χ0v) is 11.6. The van der Waals surface area contributed by atoms with E-state index in [0.717, 1.165) is 36.9 Å². The van der Waals surface area contributed by atoms with E-state index in [1.807, 2.05) is 6.92 Å².